The number of amidine groups is 1. The largest absolute Gasteiger partial charge is 0.504 e. The molecule has 30 heavy (non-hydrogen) atoms. The minimum Gasteiger partial charge on any atom is -0.504 e. The molecule has 1 heterocycles. The monoisotopic (exact) mass is 490 g/mol. The van der Waals surface area contributed by atoms with E-state index < -0.39 is 5.97 Å². The molecule has 2 aromatic rings. The highest BCUT2D eigenvalue weighted by atomic mass is 79.9. The van der Waals surface area contributed by atoms with Crippen molar-refractivity contribution in [2.75, 3.05) is 13.2 Å². The van der Waals surface area contributed by atoms with Crippen LogP contribution in [0.2, 0.25) is 0 Å². The summed E-state index contributed by atoms with van der Waals surface area (Å²) in [5.41, 5.74) is 1.16. The summed E-state index contributed by atoms with van der Waals surface area (Å²) in [5.74, 6) is -0.950. The Labute approximate surface area is 186 Å². The summed E-state index contributed by atoms with van der Waals surface area (Å²) in [6, 6.07) is 9.47. The summed E-state index contributed by atoms with van der Waals surface area (Å²) in [6.45, 7) is 4.48. The molecule has 7 nitrogen and oxygen atoms in total. The first kappa shape index (κ1) is 21.9. The Morgan fingerprint density at radius 2 is 1.97 bits per heavy atom. The molecule has 156 valence electrons. The van der Waals surface area contributed by atoms with Crippen molar-refractivity contribution in [2.24, 2.45) is 4.99 Å². The van der Waals surface area contributed by atoms with E-state index in [1.165, 1.54) is 28.8 Å². The molecule has 0 atom stereocenters. The first-order valence-corrected chi connectivity index (χ1v) is 10.7. The number of likely N-dealkylation sites (N-methyl/N-ethyl adjacent to an activating group) is 1. The molecule has 1 aliphatic heterocycles. The van der Waals surface area contributed by atoms with E-state index in [0.717, 1.165) is 0 Å². The van der Waals surface area contributed by atoms with Gasteiger partial charge in [-0.25, -0.2) is 9.79 Å². The van der Waals surface area contributed by atoms with Gasteiger partial charge in [0.25, 0.3) is 5.91 Å². The zero-order valence-corrected chi connectivity index (χ0v) is 18.7. The number of benzene rings is 2. The van der Waals surface area contributed by atoms with Crippen LogP contribution in [0.4, 0.5) is 5.69 Å². The third kappa shape index (κ3) is 4.68. The van der Waals surface area contributed by atoms with E-state index in [1.54, 1.807) is 30.3 Å². The Morgan fingerprint density at radius 3 is 2.57 bits per heavy atom. The number of thioether (sulfide) groups is 1. The minimum atomic E-state index is -1.01. The lowest BCUT2D eigenvalue weighted by atomic mass is 10.1. The number of ether oxygens (including phenoxy) is 1. The molecule has 0 bridgehead atoms. The van der Waals surface area contributed by atoms with Crippen molar-refractivity contribution in [3.8, 4) is 11.5 Å². The summed E-state index contributed by atoms with van der Waals surface area (Å²) in [7, 11) is 0. The highest BCUT2D eigenvalue weighted by Gasteiger charge is 2.32. The van der Waals surface area contributed by atoms with E-state index in [2.05, 4.69) is 20.9 Å². The lowest BCUT2D eigenvalue weighted by molar-refractivity contribution is -0.122. The van der Waals surface area contributed by atoms with Crippen molar-refractivity contribution >= 4 is 56.5 Å². The fourth-order valence-corrected chi connectivity index (χ4v) is 4.28. The Balaban J connectivity index is 1.95. The van der Waals surface area contributed by atoms with Crippen LogP contribution in [0, 0.1) is 0 Å². The molecular formula is C21H19BrN2O5S. The van der Waals surface area contributed by atoms with Crippen molar-refractivity contribution in [1.29, 1.82) is 0 Å². The van der Waals surface area contributed by atoms with Gasteiger partial charge in [0.1, 0.15) is 0 Å². The fraction of sp³-hybridized carbons (Fsp3) is 0.190. The number of hydrogen-bond donors (Lipinski definition) is 2. The molecule has 9 heteroatoms. The Kier molecular flexibility index (Phi) is 6.84. The normalized spacial score (nSPS) is 16.5. The summed E-state index contributed by atoms with van der Waals surface area (Å²) >= 11 is 4.58. The van der Waals surface area contributed by atoms with Crippen molar-refractivity contribution in [1.82, 2.24) is 4.90 Å². The zero-order chi connectivity index (χ0) is 21.8. The molecule has 0 spiro atoms. The van der Waals surface area contributed by atoms with Gasteiger partial charge in [-0.3, -0.25) is 9.69 Å². The number of phenols is 1. The number of carbonyl (C=O) groups is 2. The number of halogens is 1. The van der Waals surface area contributed by atoms with Crippen LogP contribution in [0.5, 0.6) is 11.5 Å². The number of carboxylic acid groups (broad SMARTS) is 1. The van der Waals surface area contributed by atoms with Gasteiger partial charge in [-0.05, 0) is 68.1 Å². The molecule has 1 fully saturated rings. The predicted molar refractivity (Wildman–Crippen MR) is 120 cm³/mol. The van der Waals surface area contributed by atoms with Crippen LogP contribution in [0.1, 0.15) is 29.8 Å². The van der Waals surface area contributed by atoms with Gasteiger partial charge in [-0.1, -0.05) is 15.9 Å². The predicted octanol–water partition coefficient (Wildman–Crippen LogP) is 4.88. The lowest BCUT2D eigenvalue weighted by Crippen LogP contribution is -2.28. The van der Waals surface area contributed by atoms with Gasteiger partial charge in [-0.15, -0.1) is 0 Å². The summed E-state index contributed by atoms with van der Waals surface area (Å²) in [4.78, 5) is 30.3. The van der Waals surface area contributed by atoms with Crippen LogP contribution >= 0.6 is 27.7 Å². The molecule has 0 saturated carbocycles. The van der Waals surface area contributed by atoms with Gasteiger partial charge in [0.15, 0.2) is 16.7 Å². The number of aromatic hydroxyl groups is 1. The van der Waals surface area contributed by atoms with Gasteiger partial charge in [0, 0.05) is 16.6 Å². The first-order chi connectivity index (χ1) is 14.3. The molecule has 2 N–H and O–H groups in total. The Bertz CT molecular complexity index is 1050. The average molecular weight is 491 g/mol. The van der Waals surface area contributed by atoms with E-state index >= 15 is 0 Å². The molecule has 0 aromatic heterocycles. The van der Waals surface area contributed by atoms with Gasteiger partial charge < -0.3 is 14.9 Å². The van der Waals surface area contributed by atoms with Crippen LogP contribution in [0.15, 0.2) is 50.8 Å². The van der Waals surface area contributed by atoms with Crippen LogP contribution in [-0.2, 0) is 4.79 Å². The number of hydrogen-bond acceptors (Lipinski definition) is 6. The number of rotatable bonds is 6. The topological polar surface area (TPSA) is 99.4 Å². The number of aromatic carboxylic acids is 1. The minimum absolute atomic E-state index is 0.0429. The molecule has 0 radical (unpaired) electrons. The second-order valence-electron chi connectivity index (χ2n) is 6.18. The molecule has 2 aromatic carbocycles. The Morgan fingerprint density at radius 1 is 1.27 bits per heavy atom. The lowest BCUT2D eigenvalue weighted by Gasteiger charge is -2.12. The first-order valence-electron chi connectivity index (χ1n) is 9.12. The number of carboxylic acids is 1. The zero-order valence-electron chi connectivity index (χ0n) is 16.3. The summed E-state index contributed by atoms with van der Waals surface area (Å²) in [5, 5.41) is 20.0. The van der Waals surface area contributed by atoms with Crippen LogP contribution < -0.4 is 4.74 Å². The van der Waals surface area contributed by atoms with E-state index in [1.807, 2.05) is 13.8 Å². The third-order valence-corrected chi connectivity index (χ3v) is 5.66. The maximum Gasteiger partial charge on any atom is 0.335 e. The Hall–Kier alpha value is -2.78. The van der Waals surface area contributed by atoms with Gasteiger partial charge in [-0.2, -0.15) is 0 Å². The summed E-state index contributed by atoms with van der Waals surface area (Å²) in [6.07, 6.45) is 1.61. The molecule has 1 aliphatic rings. The van der Waals surface area contributed by atoms with E-state index in [9.17, 15) is 14.7 Å². The third-order valence-electron chi connectivity index (χ3n) is 4.20. The van der Waals surface area contributed by atoms with Crippen molar-refractivity contribution in [3.05, 3.63) is 56.9 Å². The average Bonchev–Trinajstić information content (AvgIpc) is 3.00. The smallest absolute Gasteiger partial charge is 0.335 e. The van der Waals surface area contributed by atoms with E-state index in [-0.39, 0.29) is 17.2 Å². The molecule has 0 unspecified atom stereocenters. The SMILES string of the molecule is CCOc1cc(Br)cc(/C=C2\SC(=Nc3ccc(C(=O)O)cc3)N(CC)C2=O)c1O. The molecule has 1 amide bonds. The van der Waals surface area contributed by atoms with Gasteiger partial charge in [0.2, 0.25) is 0 Å². The quantitative estimate of drug-likeness (QED) is 0.560. The van der Waals surface area contributed by atoms with E-state index in [4.69, 9.17) is 9.84 Å². The fourth-order valence-electron chi connectivity index (χ4n) is 2.77. The van der Waals surface area contributed by atoms with Gasteiger partial charge >= 0.3 is 5.97 Å². The second-order valence-corrected chi connectivity index (χ2v) is 8.11. The molecule has 3 rings (SSSR count). The highest BCUT2D eigenvalue weighted by molar-refractivity contribution is 9.10. The summed E-state index contributed by atoms with van der Waals surface area (Å²) < 4.78 is 6.16. The van der Waals surface area contributed by atoms with Crippen LogP contribution in [0.3, 0.4) is 0 Å². The highest BCUT2D eigenvalue weighted by Crippen LogP contribution is 2.39. The van der Waals surface area contributed by atoms with Crippen molar-refractivity contribution in [2.45, 2.75) is 13.8 Å². The number of phenolic OH excluding ortho intramolecular Hbond substituents is 1. The van der Waals surface area contributed by atoms with Gasteiger partial charge in [0.05, 0.1) is 22.8 Å². The molecule has 0 aliphatic carbocycles. The second kappa shape index (κ2) is 9.36. The number of aliphatic imine (C=N–C) groups is 1. The maximum atomic E-state index is 12.8. The van der Waals surface area contributed by atoms with Crippen molar-refractivity contribution < 1.29 is 24.5 Å². The number of nitrogens with zero attached hydrogens (tertiary/aromatic N) is 2. The van der Waals surface area contributed by atoms with E-state index in [0.29, 0.717) is 44.7 Å². The molecular weight excluding hydrogens is 472 g/mol. The molecule has 1 saturated heterocycles. The number of amides is 1. The van der Waals surface area contributed by atoms with Crippen LogP contribution in [-0.4, -0.2) is 45.3 Å². The van der Waals surface area contributed by atoms with Crippen LogP contribution in [0.25, 0.3) is 6.08 Å². The van der Waals surface area contributed by atoms with Crippen molar-refractivity contribution in [3.63, 3.8) is 0 Å². The standard InChI is InChI=1S/C21H19BrN2O5S/c1-3-24-19(26)17(10-13-9-14(22)11-16(18(13)25)29-4-2)30-21(24)23-15-7-5-12(6-8-15)20(27)28/h5-11,25H,3-4H2,1-2H3,(H,27,28)/b17-10-,23-21?. The number of carbonyl (C=O) groups excluding carboxylic acids is 1. The maximum absolute atomic E-state index is 12.8.